The van der Waals surface area contributed by atoms with Crippen LogP contribution < -0.4 is 14.7 Å². The number of carbonyl (C=O) groups excluding carboxylic acids is 1. The zero-order valence-electron chi connectivity index (χ0n) is 18.8. The molecular formula is C24H26ClN3O5S. The number of benzene rings is 2. The van der Waals surface area contributed by atoms with Crippen LogP contribution >= 0.6 is 11.6 Å². The first-order valence-electron chi connectivity index (χ1n) is 10.9. The van der Waals surface area contributed by atoms with Crippen molar-refractivity contribution in [2.24, 2.45) is 0 Å². The number of nitrogens with zero attached hydrogens (tertiary/aromatic N) is 1. The highest BCUT2D eigenvalue weighted by molar-refractivity contribution is 7.92. The SMILES string of the molecule is C[C@@H]1CN(c2ccc(S(=O)(=O)Nc3ccc(Cl)cc3C(=O)C3=CC[NH+]([O-])C=C3)cc2)C[C@H](C)O1. The van der Waals surface area contributed by atoms with E-state index < -0.39 is 15.8 Å². The van der Waals surface area contributed by atoms with Gasteiger partial charge < -0.3 is 19.9 Å². The first-order chi connectivity index (χ1) is 16.1. The van der Waals surface area contributed by atoms with E-state index in [1.165, 1.54) is 48.7 Å². The average Bonchev–Trinajstić information content (AvgIpc) is 2.79. The highest BCUT2D eigenvalue weighted by atomic mass is 35.5. The van der Waals surface area contributed by atoms with Crippen LogP contribution in [-0.2, 0) is 14.8 Å². The van der Waals surface area contributed by atoms with E-state index in [0.717, 1.165) is 18.8 Å². The summed E-state index contributed by atoms with van der Waals surface area (Å²) in [5.74, 6) is -0.421. The Kier molecular flexibility index (Phi) is 7.11. The number of carbonyl (C=O) groups is 1. The summed E-state index contributed by atoms with van der Waals surface area (Å²) < 4.78 is 34.5. The van der Waals surface area contributed by atoms with Crippen molar-refractivity contribution in [1.29, 1.82) is 0 Å². The van der Waals surface area contributed by atoms with Crippen LogP contribution in [0.2, 0.25) is 5.02 Å². The second-order valence-corrected chi connectivity index (χ2v) is 10.6. The summed E-state index contributed by atoms with van der Waals surface area (Å²) in [6.07, 6.45) is 4.46. The van der Waals surface area contributed by atoms with Gasteiger partial charge in [0.1, 0.15) is 6.54 Å². The van der Waals surface area contributed by atoms with E-state index in [0.29, 0.717) is 10.6 Å². The Morgan fingerprint density at radius 3 is 2.44 bits per heavy atom. The fourth-order valence-corrected chi connectivity index (χ4v) is 5.33. The molecule has 0 amide bonds. The smallest absolute Gasteiger partial charge is 0.261 e. The van der Waals surface area contributed by atoms with E-state index >= 15 is 0 Å². The van der Waals surface area contributed by atoms with Gasteiger partial charge in [0.2, 0.25) is 0 Å². The van der Waals surface area contributed by atoms with Crippen LogP contribution in [0.15, 0.2) is 71.3 Å². The van der Waals surface area contributed by atoms with Gasteiger partial charge in [-0.25, -0.2) is 8.42 Å². The number of ketones is 1. The lowest BCUT2D eigenvalue weighted by Crippen LogP contribution is -3.02. The van der Waals surface area contributed by atoms with E-state index in [2.05, 4.69) is 9.62 Å². The van der Waals surface area contributed by atoms with Crippen molar-refractivity contribution in [2.75, 3.05) is 29.3 Å². The molecule has 2 heterocycles. The number of morpholine rings is 1. The number of hydrogen-bond donors (Lipinski definition) is 2. The summed E-state index contributed by atoms with van der Waals surface area (Å²) in [6, 6.07) is 11.0. The molecule has 1 unspecified atom stereocenters. The summed E-state index contributed by atoms with van der Waals surface area (Å²) >= 11 is 6.09. The fourth-order valence-electron chi connectivity index (χ4n) is 4.08. The Bertz CT molecular complexity index is 1230. The summed E-state index contributed by atoms with van der Waals surface area (Å²) in [5.41, 5.74) is 1.43. The molecule has 2 N–H and O–H groups in total. The van der Waals surface area contributed by atoms with E-state index in [9.17, 15) is 18.4 Å². The third kappa shape index (κ3) is 5.51. The number of rotatable bonds is 6. The molecule has 0 aliphatic carbocycles. The first-order valence-corrected chi connectivity index (χ1v) is 12.8. The van der Waals surface area contributed by atoms with Crippen LogP contribution in [0.3, 0.4) is 0 Å². The van der Waals surface area contributed by atoms with Crippen molar-refractivity contribution in [1.82, 2.24) is 0 Å². The van der Waals surface area contributed by atoms with Crippen LogP contribution in [-0.4, -0.2) is 46.0 Å². The monoisotopic (exact) mass is 503 g/mol. The maximum Gasteiger partial charge on any atom is 0.261 e. The molecule has 0 bridgehead atoms. The summed E-state index contributed by atoms with van der Waals surface area (Å²) in [5, 5.41) is 11.6. The predicted octanol–water partition coefficient (Wildman–Crippen LogP) is 2.77. The Labute approximate surface area is 204 Å². The van der Waals surface area contributed by atoms with Crippen LogP contribution in [0.25, 0.3) is 0 Å². The van der Waals surface area contributed by atoms with Crippen molar-refractivity contribution < 1.29 is 23.0 Å². The molecule has 0 radical (unpaired) electrons. The van der Waals surface area contributed by atoms with Gasteiger partial charge in [-0.2, -0.15) is 0 Å². The molecular weight excluding hydrogens is 478 g/mol. The Hall–Kier alpha value is -2.69. The lowest BCUT2D eigenvalue weighted by Gasteiger charge is -2.36. The van der Waals surface area contributed by atoms with Crippen molar-refractivity contribution >= 4 is 38.8 Å². The zero-order chi connectivity index (χ0) is 24.5. The number of halogens is 1. The molecule has 2 aromatic rings. The van der Waals surface area contributed by atoms with Crippen LogP contribution in [0.4, 0.5) is 11.4 Å². The second kappa shape index (κ2) is 9.89. The Balaban J connectivity index is 1.57. The van der Waals surface area contributed by atoms with Gasteiger partial charge in [-0.05, 0) is 62.4 Å². The second-order valence-electron chi connectivity index (χ2n) is 8.44. The highest BCUT2D eigenvalue weighted by Crippen LogP contribution is 2.28. The molecule has 0 saturated carbocycles. The maximum absolute atomic E-state index is 13.1. The molecule has 0 aromatic heterocycles. The van der Waals surface area contributed by atoms with Crippen LogP contribution in [0, 0.1) is 5.21 Å². The number of allylic oxidation sites excluding steroid dienone is 2. The minimum absolute atomic E-state index is 0.0707. The standard InChI is InChI=1S/C24H26ClN3O5S/c1-16-14-27(15-17(2)33-16)20-4-6-21(7-5-20)34(31,32)26-23-8-3-19(25)13-22(23)24(29)18-9-11-28(30)12-10-18/h3-11,13,16-17,26,28H,12,14-15H2,1-2H3/t16-,17+. The normalized spacial score (nSPS) is 22.9. The minimum atomic E-state index is -3.97. The van der Waals surface area contributed by atoms with E-state index in [4.69, 9.17) is 16.3 Å². The molecule has 2 aromatic carbocycles. The van der Waals surface area contributed by atoms with Gasteiger partial charge in [0, 0.05) is 41.0 Å². The molecule has 2 aliphatic heterocycles. The van der Waals surface area contributed by atoms with Crippen molar-refractivity contribution in [3.63, 3.8) is 0 Å². The van der Waals surface area contributed by atoms with E-state index in [1.54, 1.807) is 12.1 Å². The Morgan fingerprint density at radius 1 is 1.15 bits per heavy atom. The molecule has 180 valence electrons. The van der Waals surface area contributed by atoms with Gasteiger partial charge in [-0.15, -0.1) is 0 Å². The van der Waals surface area contributed by atoms with Gasteiger partial charge in [-0.1, -0.05) is 11.6 Å². The molecule has 8 nitrogen and oxygen atoms in total. The molecule has 2 aliphatic rings. The number of nitrogens with one attached hydrogen (secondary N) is 2. The van der Waals surface area contributed by atoms with Crippen molar-refractivity contribution in [3.05, 3.63) is 82.2 Å². The molecule has 3 atom stereocenters. The summed E-state index contributed by atoms with van der Waals surface area (Å²) in [4.78, 5) is 15.3. The minimum Gasteiger partial charge on any atom is -0.629 e. The topological polar surface area (TPSA) is 103 Å². The lowest BCUT2D eigenvalue weighted by molar-refractivity contribution is -0.784. The number of hydrogen-bond acceptors (Lipinski definition) is 6. The van der Waals surface area contributed by atoms with Gasteiger partial charge in [-0.3, -0.25) is 9.52 Å². The molecule has 0 spiro atoms. The quantitative estimate of drug-likeness (QED) is 0.464. The Morgan fingerprint density at radius 2 is 1.82 bits per heavy atom. The van der Waals surface area contributed by atoms with Gasteiger partial charge in [0.05, 0.1) is 29.0 Å². The van der Waals surface area contributed by atoms with E-state index in [-0.39, 0.29) is 40.0 Å². The molecule has 4 rings (SSSR count). The van der Waals surface area contributed by atoms with Crippen LogP contribution in [0.5, 0.6) is 0 Å². The molecule has 1 saturated heterocycles. The molecule has 10 heteroatoms. The molecule has 1 fully saturated rings. The van der Waals surface area contributed by atoms with E-state index in [1.807, 2.05) is 13.8 Å². The number of quaternary nitrogens is 1. The average molecular weight is 504 g/mol. The zero-order valence-corrected chi connectivity index (χ0v) is 20.4. The largest absolute Gasteiger partial charge is 0.629 e. The van der Waals surface area contributed by atoms with Gasteiger partial charge in [0.25, 0.3) is 10.0 Å². The number of hydroxylamine groups is 2. The summed E-state index contributed by atoms with van der Waals surface area (Å²) in [7, 11) is -3.97. The predicted molar refractivity (Wildman–Crippen MR) is 132 cm³/mol. The molecule has 34 heavy (non-hydrogen) atoms. The van der Waals surface area contributed by atoms with Crippen LogP contribution in [0.1, 0.15) is 24.2 Å². The number of sulfonamides is 1. The summed E-state index contributed by atoms with van der Waals surface area (Å²) in [6.45, 7) is 5.58. The number of Topliss-reactive ketones (excluding diaryl/α,β-unsaturated/α-hetero) is 1. The van der Waals surface area contributed by atoms with Gasteiger partial charge >= 0.3 is 0 Å². The number of ether oxygens (including phenoxy) is 1. The lowest BCUT2D eigenvalue weighted by atomic mass is 10.0. The number of anilines is 2. The fraction of sp³-hybridized carbons (Fsp3) is 0.292. The first kappa shape index (κ1) is 24.4. The maximum atomic E-state index is 13.1. The third-order valence-corrected chi connectivity index (χ3v) is 7.25. The third-order valence-electron chi connectivity index (χ3n) is 5.64. The van der Waals surface area contributed by atoms with Crippen molar-refractivity contribution in [2.45, 2.75) is 31.0 Å². The van der Waals surface area contributed by atoms with Crippen molar-refractivity contribution in [3.8, 4) is 0 Å². The van der Waals surface area contributed by atoms with Gasteiger partial charge in [0.15, 0.2) is 5.78 Å². The highest BCUT2D eigenvalue weighted by Gasteiger charge is 2.24.